The molecule has 0 aliphatic heterocycles. The van der Waals surface area contributed by atoms with Crippen LogP contribution < -0.4 is 16.2 Å². The molecular formula is C16H21N3O2S. The number of aryl methyl sites for hydroxylation is 1. The Hall–Kier alpha value is -1.92. The van der Waals surface area contributed by atoms with Crippen molar-refractivity contribution in [3.63, 3.8) is 0 Å². The predicted molar refractivity (Wildman–Crippen MR) is 93.5 cm³/mol. The number of benzene rings is 1. The van der Waals surface area contributed by atoms with E-state index < -0.39 is 0 Å². The van der Waals surface area contributed by atoms with E-state index in [9.17, 15) is 4.79 Å². The summed E-state index contributed by atoms with van der Waals surface area (Å²) < 4.78 is 4.94. The number of pyridine rings is 1. The van der Waals surface area contributed by atoms with Crippen molar-refractivity contribution >= 4 is 28.2 Å². The summed E-state index contributed by atoms with van der Waals surface area (Å²) >= 11 is 5.14. The number of rotatable bonds is 6. The van der Waals surface area contributed by atoms with Crippen LogP contribution in [0.1, 0.15) is 11.1 Å². The van der Waals surface area contributed by atoms with E-state index >= 15 is 0 Å². The van der Waals surface area contributed by atoms with Crippen LogP contribution in [0.2, 0.25) is 0 Å². The Labute approximate surface area is 135 Å². The Morgan fingerprint density at radius 1 is 1.27 bits per heavy atom. The summed E-state index contributed by atoms with van der Waals surface area (Å²) in [6.45, 7) is 3.89. The van der Waals surface area contributed by atoms with Crippen molar-refractivity contribution in [1.29, 1.82) is 0 Å². The lowest BCUT2D eigenvalue weighted by Crippen LogP contribution is -2.38. The smallest absolute Gasteiger partial charge is 0.251 e. The lowest BCUT2D eigenvalue weighted by Gasteiger charge is -2.10. The van der Waals surface area contributed by atoms with Crippen molar-refractivity contribution in [2.45, 2.75) is 13.3 Å². The molecule has 0 atom stereocenters. The van der Waals surface area contributed by atoms with Crippen LogP contribution in [0.4, 0.5) is 0 Å². The molecule has 2 rings (SSSR count). The summed E-state index contributed by atoms with van der Waals surface area (Å²) in [5.74, 6) is 0. The third-order valence-electron chi connectivity index (χ3n) is 3.35. The van der Waals surface area contributed by atoms with E-state index in [1.807, 2.05) is 31.2 Å². The Morgan fingerprint density at radius 2 is 2.05 bits per heavy atom. The summed E-state index contributed by atoms with van der Waals surface area (Å²) in [5, 5.41) is 7.73. The number of methoxy groups -OCH3 is 1. The molecular weight excluding hydrogens is 298 g/mol. The highest BCUT2D eigenvalue weighted by Gasteiger charge is 2.04. The van der Waals surface area contributed by atoms with E-state index in [4.69, 9.17) is 17.0 Å². The van der Waals surface area contributed by atoms with Crippen molar-refractivity contribution in [1.82, 2.24) is 15.6 Å². The van der Waals surface area contributed by atoms with Gasteiger partial charge in [0.1, 0.15) is 0 Å². The molecule has 1 aromatic carbocycles. The molecule has 0 fully saturated rings. The number of nitrogens with one attached hydrogen (secondary N) is 3. The van der Waals surface area contributed by atoms with E-state index in [0.29, 0.717) is 31.2 Å². The van der Waals surface area contributed by atoms with Gasteiger partial charge < -0.3 is 20.4 Å². The molecule has 22 heavy (non-hydrogen) atoms. The van der Waals surface area contributed by atoms with Gasteiger partial charge in [0.05, 0.1) is 6.61 Å². The third-order valence-corrected chi connectivity index (χ3v) is 3.64. The van der Waals surface area contributed by atoms with Gasteiger partial charge in [0.25, 0.3) is 5.56 Å². The maximum atomic E-state index is 12.1. The average molecular weight is 319 g/mol. The highest BCUT2D eigenvalue weighted by Crippen LogP contribution is 2.13. The highest BCUT2D eigenvalue weighted by atomic mass is 32.1. The zero-order valence-corrected chi connectivity index (χ0v) is 13.7. The molecule has 0 bridgehead atoms. The fraction of sp³-hybridized carbons (Fsp3) is 0.375. The Kier molecular flexibility index (Phi) is 5.91. The van der Waals surface area contributed by atoms with E-state index in [0.717, 1.165) is 22.0 Å². The van der Waals surface area contributed by atoms with Gasteiger partial charge in [-0.3, -0.25) is 4.79 Å². The number of aromatic nitrogens is 1. The van der Waals surface area contributed by atoms with E-state index in [2.05, 4.69) is 15.6 Å². The number of aromatic amines is 1. The van der Waals surface area contributed by atoms with Crippen LogP contribution in [0.15, 0.2) is 29.1 Å². The zero-order valence-electron chi connectivity index (χ0n) is 12.9. The largest absolute Gasteiger partial charge is 0.383 e. The Balaban J connectivity index is 1.94. The van der Waals surface area contributed by atoms with Gasteiger partial charge in [-0.25, -0.2) is 0 Å². The van der Waals surface area contributed by atoms with Gasteiger partial charge in [0.2, 0.25) is 0 Å². The number of thiocarbonyl (C=S) groups is 1. The zero-order chi connectivity index (χ0) is 15.9. The second-order valence-corrected chi connectivity index (χ2v) is 5.55. The minimum atomic E-state index is -0.0434. The molecule has 0 saturated carbocycles. The lowest BCUT2D eigenvalue weighted by atomic mass is 10.1. The van der Waals surface area contributed by atoms with Crippen LogP contribution in [0.3, 0.4) is 0 Å². The molecule has 5 nitrogen and oxygen atoms in total. The second-order valence-electron chi connectivity index (χ2n) is 5.14. The van der Waals surface area contributed by atoms with Gasteiger partial charge in [-0.05, 0) is 48.6 Å². The SMILES string of the molecule is COCCNC(=S)NCCc1cc2ccc(C)cc2[nH]c1=O. The molecule has 0 unspecified atom stereocenters. The molecule has 1 heterocycles. The van der Waals surface area contributed by atoms with Gasteiger partial charge in [0.15, 0.2) is 5.11 Å². The van der Waals surface area contributed by atoms with Crippen LogP contribution in [-0.4, -0.2) is 36.9 Å². The van der Waals surface area contributed by atoms with Crippen LogP contribution in [-0.2, 0) is 11.2 Å². The predicted octanol–water partition coefficient (Wildman–Crippen LogP) is 1.49. The number of hydrogen-bond acceptors (Lipinski definition) is 3. The van der Waals surface area contributed by atoms with E-state index in [1.54, 1.807) is 7.11 Å². The van der Waals surface area contributed by atoms with Crippen LogP contribution in [0, 0.1) is 6.92 Å². The Bertz CT molecular complexity index is 712. The topological polar surface area (TPSA) is 66.2 Å². The van der Waals surface area contributed by atoms with Crippen LogP contribution >= 0.6 is 12.2 Å². The van der Waals surface area contributed by atoms with Crippen molar-refractivity contribution in [3.05, 3.63) is 45.7 Å². The van der Waals surface area contributed by atoms with Crippen molar-refractivity contribution in [3.8, 4) is 0 Å². The van der Waals surface area contributed by atoms with Gasteiger partial charge in [-0.15, -0.1) is 0 Å². The van der Waals surface area contributed by atoms with Gasteiger partial charge in [-0.2, -0.15) is 0 Å². The maximum absolute atomic E-state index is 12.1. The first-order valence-corrected chi connectivity index (χ1v) is 7.64. The highest BCUT2D eigenvalue weighted by molar-refractivity contribution is 7.80. The molecule has 1 aromatic heterocycles. The molecule has 6 heteroatoms. The molecule has 0 aliphatic rings. The normalized spacial score (nSPS) is 10.6. The molecule has 0 aliphatic carbocycles. The first-order chi connectivity index (χ1) is 10.6. The van der Waals surface area contributed by atoms with Crippen molar-refractivity contribution in [2.24, 2.45) is 0 Å². The molecule has 0 saturated heterocycles. The van der Waals surface area contributed by atoms with E-state index in [1.165, 1.54) is 0 Å². The molecule has 0 spiro atoms. The van der Waals surface area contributed by atoms with E-state index in [-0.39, 0.29) is 5.56 Å². The number of fused-ring (bicyclic) bond motifs is 1. The lowest BCUT2D eigenvalue weighted by molar-refractivity contribution is 0.204. The number of H-pyrrole nitrogens is 1. The van der Waals surface area contributed by atoms with Gasteiger partial charge in [-0.1, -0.05) is 12.1 Å². The molecule has 3 N–H and O–H groups in total. The summed E-state index contributed by atoms with van der Waals surface area (Å²) in [6, 6.07) is 7.98. The van der Waals surface area contributed by atoms with Crippen molar-refractivity contribution in [2.75, 3.05) is 26.8 Å². The maximum Gasteiger partial charge on any atom is 0.251 e. The summed E-state index contributed by atoms with van der Waals surface area (Å²) in [4.78, 5) is 15.0. The second kappa shape index (κ2) is 7.91. The fourth-order valence-electron chi connectivity index (χ4n) is 2.19. The van der Waals surface area contributed by atoms with Crippen LogP contribution in [0.5, 0.6) is 0 Å². The van der Waals surface area contributed by atoms with Gasteiger partial charge in [0, 0.05) is 31.3 Å². The number of hydrogen-bond donors (Lipinski definition) is 3. The quantitative estimate of drug-likeness (QED) is 0.556. The Morgan fingerprint density at radius 3 is 2.82 bits per heavy atom. The van der Waals surface area contributed by atoms with Gasteiger partial charge >= 0.3 is 0 Å². The summed E-state index contributed by atoms with van der Waals surface area (Å²) in [7, 11) is 1.64. The average Bonchev–Trinajstić information content (AvgIpc) is 2.48. The third kappa shape index (κ3) is 4.54. The first kappa shape index (κ1) is 16.5. The number of ether oxygens (including phenoxy) is 1. The molecule has 2 aromatic rings. The van der Waals surface area contributed by atoms with Crippen molar-refractivity contribution < 1.29 is 4.74 Å². The van der Waals surface area contributed by atoms with Crippen LogP contribution in [0.25, 0.3) is 10.9 Å². The molecule has 0 amide bonds. The monoisotopic (exact) mass is 319 g/mol. The standard InChI is InChI=1S/C16H21N3O2S/c1-11-3-4-12-10-13(15(20)19-14(12)9-11)5-6-17-16(22)18-7-8-21-2/h3-4,9-10H,5-8H2,1-2H3,(H,19,20)(H2,17,18,22). The molecule has 118 valence electrons. The minimum absolute atomic E-state index is 0.0434. The molecule has 0 radical (unpaired) electrons. The summed E-state index contributed by atoms with van der Waals surface area (Å²) in [6.07, 6.45) is 0.616. The fourth-order valence-corrected chi connectivity index (χ4v) is 2.39. The first-order valence-electron chi connectivity index (χ1n) is 7.23. The summed E-state index contributed by atoms with van der Waals surface area (Å²) in [5.41, 5.74) is 2.71. The minimum Gasteiger partial charge on any atom is -0.383 e.